The van der Waals surface area contributed by atoms with Gasteiger partial charge in [0.25, 0.3) is 5.91 Å². The summed E-state index contributed by atoms with van der Waals surface area (Å²) in [5.74, 6) is -0.782. The summed E-state index contributed by atoms with van der Waals surface area (Å²) in [5, 5.41) is 10.9. The van der Waals surface area contributed by atoms with Gasteiger partial charge in [-0.2, -0.15) is 0 Å². The highest BCUT2D eigenvalue weighted by atomic mass is 16.5. The Labute approximate surface area is 146 Å². The summed E-state index contributed by atoms with van der Waals surface area (Å²) in [4.78, 5) is 38.3. The molecular weight excluding hydrogens is 326 g/mol. The van der Waals surface area contributed by atoms with E-state index in [1.165, 1.54) is 0 Å². The monoisotopic (exact) mass is 349 g/mol. The van der Waals surface area contributed by atoms with Gasteiger partial charge >= 0.3 is 5.97 Å². The third kappa shape index (κ3) is 5.18. The van der Waals surface area contributed by atoms with Gasteiger partial charge in [0.2, 0.25) is 5.91 Å². The van der Waals surface area contributed by atoms with Crippen LogP contribution in [-0.2, 0) is 9.59 Å². The fourth-order valence-corrected chi connectivity index (χ4v) is 2.68. The zero-order valence-corrected chi connectivity index (χ0v) is 14.4. The van der Waals surface area contributed by atoms with Crippen molar-refractivity contribution in [1.82, 2.24) is 15.1 Å². The number of rotatable bonds is 6. The maximum Gasteiger partial charge on any atom is 0.322 e. The first-order valence-electron chi connectivity index (χ1n) is 8.05. The fourth-order valence-electron chi connectivity index (χ4n) is 2.68. The Kier molecular flexibility index (Phi) is 6.35. The van der Waals surface area contributed by atoms with Crippen LogP contribution >= 0.6 is 0 Å². The van der Waals surface area contributed by atoms with E-state index in [1.54, 1.807) is 24.1 Å². The molecule has 1 aromatic rings. The number of ether oxygens (including phenoxy) is 1. The highest BCUT2D eigenvalue weighted by Gasteiger charge is 2.23. The second-order valence-electron chi connectivity index (χ2n) is 5.92. The number of methoxy groups -OCH3 is 1. The van der Waals surface area contributed by atoms with E-state index >= 15 is 0 Å². The first kappa shape index (κ1) is 18.7. The van der Waals surface area contributed by atoms with Crippen molar-refractivity contribution in [3.8, 4) is 5.75 Å². The highest BCUT2D eigenvalue weighted by Crippen LogP contribution is 2.20. The van der Waals surface area contributed by atoms with Crippen LogP contribution in [0.2, 0.25) is 0 Å². The predicted molar refractivity (Wildman–Crippen MR) is 90.7 cm³/mol. The molecule has 1 heterocycles. The van der Waals surface area contributed by atoms with E-state index in [0.29, 0.717) is 37.5 Å². The van der Waals surface area contributed by atoms with Gasteiger partial charge in [0, 0.05) is 31.7 Å². The molecule has 1 aliphatic heterocycles. The van der Waals surface area contributed by atoms with Crippen molar-refractivity contribution in [2.75, 3.05) is 46.4 Å². The van der Waals surface area contributed by atoms with E-state index in [4.69, 9.17) is 9.84 Å². The SMILES string of the molecule is COc1cc(C(=O)N2CCN(CC(=O)NCC(=O)O)CC2)ccc1C. The molecule has 2 N–H and O–H groups in total. The molecule has 0 saturated carbocycles. The Bertz CT molecular complexity index is 654. The molecule has 1 saturated heterocycles. The number of aliphatic carboxylic acids is 1. The number of piperazine rings is 1. The Morgan fingerprint density at radius 2 is 1.88 bits per heavy atom. The summed E-state index contributed by atoms with van der Waals surface area (Å²) in [5.41, 5.74) is 1.55. The van der Waals surface area contributed by atoms with Crippen molar-refractivity contribution in [1.29, 1.82) is 0 Å². The summed E-state index contributed by atoms with van der Waals surface area (Å²) in [6.07, 6.45) is 0. The van der Waals surface area contributed by atoms with Gasteiger partial charge in [-0.25, -0.2) is 0 Å². The number of nitrogens with zero attached hydrogens (tertiary/aromatic N) is 2. The topological polar surface area (TPSA) is 99.2 Å². The summed E-state index contributed by atoms with van der Waals surface area (Å²) >= 11 is 0. The van der Waals surface area contributed by atoms with Crippen LogP contribution in [0.3, 0.4) is 0 Å². The van der Waals surface area contributed by atoms with Gasteiger partial charge in [0.1, 0.15) is 12.3 Å². The Hall–Kier alpha value is -2.61. The fraction of sp³-hybridized carbons (Fsp3) is 0.471. The Morgan fingerprint density at radius 3 is 2.48 bits per heavy atom. The van der Waals surface area contributed by atoms with Crippen LogP contribution in [0.1, 0.15) is 15.9 Å². The standard InChI is InChI=1S/C17H23N3O5/c1-12-3-4-13(9-14(12)25-2)17(24)20-7-5-19(6-8-20)11-15(21)18-10-16(22)23/h3-4,9H,5-8,10-11H2,1-2H3,(H,18,21)(H,22,23). The van der Waals surface area contributed by atoms with Crippen molar-refractivity contribution < 1.29 is 24.2 Å². The number of carbonyl (C=O) groups excluding carboxylic acids is 2. The minimum absolute atomic E-state index is 0.0618. The Morgan fingerprint density at radius 1 is 1.20 bits per heavy atom. The highest BCUT2D eigenvalue weighted by molar-refractivity contribution is 5.94. The second kappa shape index (κ2) is 8.48. The molecule has 8 nitrogen and oxygen atoms in total. The Balaban J connectivity index is 1.86. The van der Waals surface area contributed by atoms with Crippen LogP contribution in [-0.4, -0.2) is 79.1 Å². The number of hydrogen-bond acceptors (Lipinski definition) is 5. The molecule has 25 heavy (non-hydrogen) atoms. The molecule has 0 aromatic heterocycles. The molecule has 0 atom stereocenters. The first-order valence-corrected chi connectivity index (χ1v) is 8.05. The lowest BCUT2D eigenvalue weighted by Crippen LogP contribution is -2.51. The lowest BCUT2D eigenvalue weighted by molar-refractivity contribution is -0.138. The van der Waals surface area contributed by atoms with Crippen molar-refractivity contribution in [2.45, 2.75) is 6.92 Å². The van der Waals surface area contributed by atoms with Crippen molar-refractivity contribution >= 4 is 17.8 Å². The van der Waals surface area contributed by atoms with Crippen molar-refractivity contribution in [2.24, 2.45) is 0 Å². The number of carboxylic acids is 1. The van der Waals surface area contributed by atoms with E-state index in [2.05, 4.69) is 5.32 Å². The third-order valence-electron chi connectivity index (χ3n) is 4.12. The molecule has 0 radical (unpaired) electrons. The van der Waals surface area contributed by atoms with Crippen LogP contribution in [0.4, 0.5) is 0 Å². The van der Waals surface area contributed by atoms with E-state index in [-0.39, 0.29) is 24.9 Å². The molecule has 1 aliphatic rings. The van der Waals surface area contributed by atoms with E-state index in [0.717, 1.165) is 5.56 Å². The minimum Gasteiger partial charge on any atom is -0.496 e. The quantitative estimate of drug-likeness (QED) is 0.748. The van der Waals surface area contributed by atoms with Crippen LogP contribution in [0.25, 0.3) is 0 Å². The molecule has 0 spiro atoms. The number of hydrogen-bond donors (Lipinski definition) is 2. The van der Waals surface area contributed by atoms with Gasteiger partial charge in [0.05, 0.1) is 13.7 Å². The minimum atomic E-state index is -1.07. The molecule has 8 heteroatoms. The van der Waals surface area contributed by atoms with Crippen LogP contribution in [0.15, 0.2) is 18.2 Å². The number of nitrogens with one attached hydrogen (secondary N) is 1. The summed E-state index contributed by atoms with van der Waals surface area (Å²) in [6, 6.07) is 5.38. The average Bonchev–Trinajstić information content (AvgIpc) is 2.60. The summed E-state index contributed by atoms with van der Waals surface area (Å²) in [7, 11) is 1.57. The molecular formula is C17H23N3O5. The van der Waals surface area contributed by atoms with Gasteiger partial charge in [-0.3, -0.25) is 19.3 Å². The molecule has 136 valence electrons. The summed E-state index contributed by atoms with van der Waals surface area (Å²) in [6.45, 7) is 3.83. The number of carboxylic acid groups (broad SMARTS) is 1. The predicted octanol–water partition coefficient (Wildman–Crippen LogP) is -0.0378. The molecule has 2 rings (SSSR count). The maximum absolute atomic E-state index is 12.6. The van der Waals surface area contributed by atoms with Crippen molar-refractivity contribution in [3.05, 3.63) is 29.3 Å². The summed E-state index contributed by atoms with van der Waals surface area (Å²) < 4.78 is 5.26. The number of amides is 2. The van der Waals surface area contributed by atoms with E-state index in [9.17, 15) is 14.4 Å². The van der Waals surface area contributed by atoms with Gasteiger partial charge < -0.3 is 20.1 Å². The van der Waals surface area contributed by atoms with E-state index < -0.39 is 5.97 Å². The maximum atomic E-state index is 12.6. The smallest absolute Gasteiger partial charge is 0.322 e. The van der Waals surface area contributed by atoms with Gasteiger partial charge in [0.15, 0.2) is 0 Å². The van der Waals surface area contributed by atoms with Crippen LogP contribution < -0.4 is 10.1 Å². The first-order chi connectivity index (χ1) is 11.9. The normalized spacial score (nSPS) is 14.9. The third-order valence-corrected chi connectivity index (χ3v) is 4.12. The zero-order chi connectivity index (χ0) is 18.4. The molecule has 0 aliphatic carbocycles. The number of aryl methyl sites for hydroxylation is 1. The van der Waals surface area contributed by atoms with Gasteiger partial charge in [-0.05, 0) is 24.6 Å². The lowest BCUT2D eigenvalue weighted by Gasteiger charge is -2.34. The van der Waals surface area contributed by atoms with Crippen molar-refractivity contribution in [3.63, 3.8) is 0 Å². The van der Waals surface area contributed by atoms with Crippen LogP contribution in [0.5, 0.6) is 5.75 Å². The molecule has 0 bridgehead atoms. The molecule has 0 unspecified atom stereocenters. The lowest BCUT2D eigenvalue weighted by atomic mass is 10.1. The van der Waals surface area contributed by atoms with Gasteiger partial charge in [-0.1, -0.05) is 6.07 Å². The average molecular weight is 349 g/mol. The van der Waals surface area contributed by atoms with E-state index in [1.807, 2.05) is 17.9 Å². The largest absolute Gasteiger partial charge is 0.496 e. The van der Waals surface area contributed by atoms with Crippen LogP contribution in [0, 0.1) is 6.92 Å². The second-order valence-corrected chi connectivity index (χ2v) is 5.92. The molecule has 1 fully saturated rings. The number of carbonyl (C=O) groups is 3. The molecule has 1 aromatic carbocycles. The molecule has 2 amide bonds. The number of benzene rings is 1. The zero-order valence-electron chi connectivity index (χ0n) is 14.4. The van der Waals surface area contributed by atoms with Gasteiger partial charge in [-0.15, -0.1) is 0 Å².